The van der Waals surface area contributed by atoms with Crippen molar-refractivity contribution in [3.63, 3.8) is 0 Å². The first-order valence-electron chi connectivity index (χ1n) is 2.65. The Kier molecular flexibility index (Phi) is 5.10. The number of ether oxygens (including phenoxy) is 1. The van der Waals surface area contributed by atoms with Crippen molar-refractivity contribution in [3.05, 3.63) is 0 Å². The van der Waals surface area contributed by atoms with Gasteiger partial charge in [-0.1, -0.05) is 50.7 Å². The predicted octanol–water partition coefficient (Wildman–Crippen LogP) is 2.68. The van der Waals surface area contributed by atoms with Gasteiger partial charge in [0.05, 0.1) is 7.11 Å². The summed E-state index contributed by atoms with van der Waals surface area (Å²) < 4.78 is 2.97. The molecular formula is C5H6BrCl3O2. The van der Waals surface area contributed by atoms with Crippen molar-refractivity contribution >= 4 is 56.7 Å². The first-order valence-corrected chi connectivity index (χ1v) is 4.70. The van der Waals surface area contributed by atoms with E-state index in [4.69, 9.17) is 34.8 Å². The van der Waals surface area contributed by atoms with Gasteiger partial charge in [-0.15, -0.1) is 0 Å². The molecule has 0 radical (unpaired) electrons. The Labute approximate surface area is 88.3 Å². The fourth-order valence-electron chi connectivity index (χ4n) is 0.414. The van der Waals surface area contributed by atoms with Crippen LogP contribution in [0.4, 0.5) is 0 Å². The molecule has 0 rings (SSSR count). The third kappa shape index (κ3) is 6.02. The molecule has 0 aliphatic heterocycles. The van der Waals surface area contributed by atoms with E-state index in [2.05, 4.69) is 20.7 Å². The minimum atomic E-state index is -1.43. The maximum absolute atomic E-state index is 10.7. The lowest BCUT2D eigenvalue weighted by Crippen LogP contribution is -2.21. The summed E-state index contributed by atoms with van der Waals surface area (Å²) in [6, 6.07) is 0. The van der Waals surface area contributed by atoms with E-state index >= 15 is 0 Å². The number of alkyl halides is 4. The molecule has 0 aromatic heterocycles. The van der Waals surface area contributed by atoms with Gasteiger partial charge in [0.25, 0.3) is 0 Å². The first kappa shape index (κ1) is 11.8. The molecule has 0 fully saturated rings. The SMILES string of the molecule is COC(=O)C(Br)CC(Cl)(Cl)Cl. The summed E-state index contributed by atoms with van der Waals surface area (Å²) in [5.41, 5.74) is 0. The van der Waals surface area contributed by atoms with Crippen molar-refractivity contribution in [2.75, 3.05) is 7.11 Å². The molecule has 0 heterocycles. The lowest BCUT2D eigenvalue weighted by atomic mass is 10.3. The van der Waals surface area contributed by atoms with E-state index in [0.29, 0.717) is 0 Å². The van der Waals surface area contributed by atoms with Crippen LogP contribution in [0.2, 0.25) is 0 Å². The van der Waals surface area contributed by atoms with Gasteiger partial charge in [-0.05, 0) is 0 Å². The molecule has 66 valence electrons. The van der Waals surface area contributed by atoms with E-state index < -0.39 is 14.6 Å². The zero-order valence-electron chi connectivity index (χ0n) is 5.61. The van der Waals surface area contributed by atoms with Gasteiger partial charge >= 0.3 is 5.97 Å². The van der Waals surface area contributed by atoms with E-state index in [9.17, 15) is 4.79 Å². The van der Waals surface area contributed by atoms with Gasteiger partial charge in [-0.3, -0.25) is 4.79 Å². The highest BCUT2D eigenvalue weighted by atomic mass is 79.9. The lowest BCUT2D eigenvalue weighted by Gasteiger charge is -2.13. The number of halogens is 4. The summed E-state index contributed by atoms with van der Waals surface area (Å²) in [6.45, 7) is 0. The van der Waals surface area contributed by atoms with Crippen molar-refractivity contribution in [2.45, 2.75) is 15.0 Å². The van der Waals surface area contributed by atoms with Crippen LogP contribution in [-0.4, -0.2) is 21.7 Å². The number of hydrogen-bond donors (Lipinski definition) is 0. The largest absolute Gasteiger partial charge is 0.468 e. The van der Waals surface area contributed by atoms with Crippen LogP contribution in [0.15, 0.2) is 0 Å². The van der Waals surface area contributed by atoms with Crippen LogP contribution in [0.3, 0.4) is 0 Å². The molecule has 0 aliphatic rings. The van der Waals surface area contributed by atoms with E-state index in [1.807, 2.05) is 0 Å². The molecule has 0 N–H and O–H groups in total. The molecule has 11 heavy (non-hydrogen) atoms. The van der Waals surface area contributed by atoms with Crippen molar-refractivity contribution in [2.24, 2.45) is 0 Å². The third-order valence-electron chi connectivity index (χ3n) is 0.868. The molecule has 1 atom stereocenters. The minimum absolute atomic E-state index is 0.0876. The number of carbonyl (C=O) groups is 1. The molecule has 0 aromatic carbocycles. The molecule has 6 heteroatoms. The lowest BCUT2D eigenvalue weighted by molar-refractivity contribution is -0.139. The summed E-state index contributed by atoms with van der Waals surface area (Å²) in [5.74, 6) is -0.448. The summed E-state index contributed by atoms with van der Waals surface area (Å²) in [7, 11) is 1.27. The highest BCUT2D eigenvalue weighted by molar-refractivity contribution is 9.10. The molecule has 0 saturated heterocycles. The Hall–Kier alpha value is 0.820. The van der Waals surface area contributed by atoms with Gasteiger partial charge in [0.15, 0.2) is 3.79 Å². The molecule has 2 nitrogen and oxygen atoms in total. The van der Waals surface area contributed by atoms with Gasteiger partial charge in [-0.2, -0.15) is 0 Å². The second kappa shape index (κ2) is 4.75. The first-order chi connectivity index (χ1) is 4.87. The summed E-state index contributed by atoms with van der Waals surface area (Å²) in [6.07, 6.45) is 0.0876. The van der Waals surface area contributed by atoms with Crippen LogP contribution < -0.4 is 0 Å². The maximum atomic E-state index is 10.7. The van der Waals surface area contributed by atoms with Crippen LogP contribution in [-0.2, 0) is 9.53 Å². The molecule has 0 amide bonds. The van der Waals surface area contributed by atoms with Gasteiger partial charge in [0, 0.05) is 6.42 Å². The minimum Gasteiger partial charge on any atom is -0.468 e. The Morgan fingerprint density at radius 1 is 1.64 bits per heavy atom. The fraction of sp³-hybridized carbons (Fsp3) is 0.800. The molecule has 0 aliphatic carbocycles. The average Bonchev–Trinajstić information content (AvgIpc) is 1.82. The highest BCUT2D eigenvalue weighted by Gasteiger charge is 2.28. The molecule has 0 spiro atoms. The second-order valence-corrected chi connectivity index (χ2v) is 5.43. The van der Waals surface area contributed by atoms with E-state index in [-0.39, 0.29) is 6.42 Å². The zero-order chi connectivity index (χ0) is 9.07. The number of methoxy groups -OCH3 is 1. The second-order valence-electron chi connectivity index (χ2n) is 1.81. The maximum Gasteiger partial charge on any atom is 0.319 e. The van der Waals surface area contributed by atoms with Crippen molar-refractivity contribution < 1.29 is 9.53 Å². The quantitative estimate of drug-likeness (QED) is 0.575. The van der Waals surface area contributed by atoms with Crippen LogP contribution >= 0.6 is 50.7 Å². The summed E-state index contributed by atoms with van der Waals surface area (Å²) >= 11 is 19.3. The smallest absolute Gasteiger partial charge is 0.319 e. The number of hydrogen-bond acceptors (Lipinski definition) is 2. The van der Waals surface area contributed by atoms with Gasteiger partial charge in [0.2, 0.25) is 0 Å². The van der Waals surface area contributed by atoms with E-state index in [1.165, 1.54) is 7.11 Å². The average molecular weight is 284 g/mol. The van der Waals surface area contributed by atoms with Gasteiger partial charge < -0.3 is 4.74 Å². The van der Waals surface area contributed by atoms with Gasteiger partial charge in [-0.25, -0.2) is 0 Å². The van der Waals surface area contributed by atoms with E-state index in [0.717, 1.165) is 0 Å². The Bertz CT molecular complexity index is 145. The molecule has 0 aromatic rings. The Morgan fingerprint density at radius 3 is 2.36 bits per heavy atom. The number of rotatable bonds is 2. The molecule has 0 bridgehead atoms. The fourth-order valence-corrected chi connectivity index (χ4v) is 2.11. The molecule has 0 saturated carbocycles. The van der Waals surface area contributed by atoms with Crippen molar-refractivity contribution in [1.29, 1.82) is 0 Å². The number of carbonyl (C=O) groups excluding carboxylic acids is 1. The third-order valence-corrected chi connectivity index (χ3v) is 2.03. The van der Waals surface area contributed by atoms with E-state index in [1.54, 1.807) is 0 Å². The van der Waals surface area contributed by atoms with Gasteiger partial charge in [0.1, 0.15) is 4.83 Å². The Morgan fingerprint density at radius 2 is 2.09 bits per heavy atom. The van der Waals surface area contributed by atoms with Crippen LogP contribution in [0.1, 0.15) is 6.42 Å². The summed E-state index contributed by atoms with van der Waals surface area (Å²) in [4.78, 5) is 10.2. The Balaban J connectivity index is 3.87. The predicted molar refractivity (Wildman–Crippen MR) is 49.6 cm³/mol. The monoisotopic (exact) mass is 282 g/mol. The number of esters is 1. The molecule has 1 unspecified atom stereocenters. The van der Waals surface area contributed by atoms with Crippen LogP contribution in [0, 0.1) is 0 Å². The topological polar surface area (TPSA) is 26.3 Å². The zero-order valence-corrected chi connectivity index (χ0v) is 9.47. The van der Waals surface area contributed by atoms with Crippen LogP contribution in [0.25, 0.3) is 0 Å². The normalized spacial score (nSPS) is 14.3. The van der Waals surface area contributed by atoms with Crippen LogP contribution in [0.5, 0.6) is 0 Å². The highest BCUT2D eigenvalue weighted by Crippen LogP contribution is 2.33. The standard InChI is InChI=1S/C5H6BrCl3O2/c1-11-4(10)3(6)2-5(7,8)9/h3H,2H2,1H3. The van der Waals surface area contributed by atoms with Crippen molar-refractivity contribution in [1.82, 2.24) is 0 Å². The summed E-state index contributed by atoms with van der Waals surface area (Å²) in [5, 5.41) is 0. The molecular weight excluding hydrogens is 278 g/mol. The van der Waals surface area contributed by atoms with Crippen molar-refractivity contribution in [3.8, 4) is 0 Å².